The number of piperidine rings is 1. The van der Waals surface area contributed by atoms with Gasteiger partial charge in [0, 0.05) is 18.1 Å². The van der Waals surface area contributed by atoms with Gasteiger partial charge in [-0.15, -0.1) is 0 Å². The van der Waals surface area contributed by atoms with Crippen LogP contribution in [0.25, 0.3) is 0 Å². The number of benzene rings is 1. The molecule has 2 N–H and O–H groups in total. The van der Waals surface area contributed by atoms with E-state index >= 15 is 0 Å². The van der Waals surface area contributed by atoms with Gasteiger partial charge in [0.15, 0.2) is 0 Å². The molecule has 1 aliphatic heterocycles. The lowest BCUT2D eigenvalue weighted by atomic mass is 9.77. The number of aryl methyl sites for hydroxylation is 1. The van der Waals surface area contributed by atoms with Crippen molar-refractivity contribution in [3.63, 3.8) is 0 Å². The van der Waals surface area contributed by atoms with E-state index in [1.165, 1.54) is 56.2 Å². The van der Waals surface area contributed by atoms with Crippen LogP contribution in [-0.4, -0.2) is 23.5 Å². The van der Waals surface area contributed by atoms with E-state index in [0.717, 1.165) is 12.0 Å². The van der Waals surface area contributed by atoms with Crippen molar-refractivity contribution < 1.29 is 0 Å². The minimum atomic E-state index is 0.131. The molecule has 2 unspecified atom stereocenters. The smallest absolute Gasteiger partial charge is 0.0450 e. The lowest BCUT2D eigenvalue weighted by Gasteiger charge is -2.48. The van der Waals surface area contributed by atoms with Gasteiger partial charge in [-0.2, -0.15) is 0 Å². The van der Waals surface area contributed by atoms with Crippen LogP contribution in [0, 0.1) is 12.8 Å². The van der Waals surface area contributed by atoms with Crippen molar-refractivity contribution in [2.75, 3.05) is 6.54 Å². The molecule has 0 spiro atoms. The summed E-state index contributed by atoms with van der Waals surface area (Å²) < 4.78 is 0. The number of hydrogen-bond donors (Lipinski definition) is 1. The molecule has 116 valence electrons. The largest absolute Gasteiger partial charge is 0.323 e. The van der Waals surface area contributed by atoms with Gasteiger partial charge in [-0.05, 0) is 57.6 Å². The molecule has 0 bridgehead atoms. The first-order valence-corrected chi connectivity index (χ1v) is 8.74. The topological polar surface area (TPSA) is 29.3 Å². The fourth-order valence-corrected chi connectivity index (χ4v) is 4.44. The fourth-order valence-electron chi connectivity index (χ4n) is 4.44. The number of rotatable bonds is 3. The first kappa shape index (κ1) is 15.1. The Morgan fingerprint density at radius 1 is 1.05 bits per heavy atom. The van der Waals surface area contributed by atoms with Crippen molar-refractivity contribution in [2.45, 2.75) is 70.5 Å². The van der Waals surface area contributed by atoms with Crippen LogP contribution < -0.4 is 5.73 Å². The normalized spacial score (nSPS) is 29.7. The first-order valence-electron chi connectivity index (χ1n) is 8.74. The van der Waals surface area contributed by atoms with E-state index in [1.807, 2.05) is 0 Å². The maximum Gasteiger partial charge on any atom is 0.0450 e. The number of fused-ring (bicyclic) bond motifs is 1. The highest BCUT2D eigenvalue weighted by atomic mass is 15.2. The highest BCUT2D eigenvalue weighted by Crippen LogP contribution is 2.37. The maximum absolute atomic E-state index is 6.60. The second kappa shape index (κ2) is 6.50. The molecule has 2 heteroatoms. The Balaban J connectivity index is 1.73. The van der Waals surface area contributed by atoms with E-state index < -0.39 is 0 Å². The minimum absolute atomic E-state index is 0.131. The zero-order chi connectivity index (χ0) is 14.8. The van der Waals surface area contributed by atoms with Crippen molar-refractivity contribution in [1.29, 1.82) is 0 Å². The van der Waals surface area contributed by atoms with Crippen LogP contribution in [0.2, 0.25) is 0 Å². The van der Waals surface area contributed by atoms with Crippen LogP contribution in [0.15, 0.2) is 24.3 Å². The molecule has 0 radical (unpaired) electrons. The third-order valence-corrected chi connectivity index (χ3v) is 5.79. The average molecular weight is 286 g/mol. The van der Waals surface area contributed by atoms with Crippen molar-refractivity contribution in [1.82, 2.24) is 4.90 Å². The highest BCUT2D eigenvalue weighted by molar-refractivity contribution is 5.25. The van der Waals surface area contributed by atoms with Gasteiger partial charge < -0.3 is 5.73 Å². The van der Waals surface area contributed by atoms with Gasteiger partial charge in [0.1, 0.15) is 0 Å². The number of nitrogens with zero attached hydrogens (tertiary/aromatic N) is 1. The Morgan fingerprint density at radius 2 is 1.71 bits per heavy atom. The second-order valence-electron chi connectivity index (χ2n) is 7.17. The van der Waals surface area contributed by atoms with Gasteiger partial charge in [-0.1, -0.05) is 42.7 Å². The van der Waals surface area contributed by atoms with Gasteiger partial charge in [0.25, 0.3) is 0 Å². The summed E-state index contributed by atoms with van der Waals surface area (Å²) in [5.74, 6) is 0.931. The predicted molar refractivity (Wildman–Crippen MR) is 89.3 cm³/mol. The van der Waals surface area contributed by atoms with Crippen LogP contribution in [0.4, 0.5) is 0 Å². The molecule has 2 aliphatic rings. The molecule has 1 aromatic rings. The SMILES string of the molecule is Cc1ccc(C(N)C(C)N2CCC[C@H]3CCCC[C@H]32)cc1. The molecule has 4 atom stereocenters. The number of hydrogen-bond acceptors (Lipinski definition) is 2. The Bertz CT molecular complexity index is 451. The summed E-state index contributed by atoms with van der Waals surface area (Å²) in [5.41, 5.74) is 9.19. The second-order valence-corrected chi connectivity index (χ2v) is 7.17. The molecule has 3 rings (SSSR count). The molecule has 2 nitrogen and oxygen atoms in total. The molecule has 2 fully saturated rings. The summed E-state index contributed by atoms with van der Waals surface area (Å²) in [6.07, 6.45) is 8.46. The lowest BCUT2D eigenvalue weighted by Crippen LogP contribution is -2.53. The van der Waals surface area contributed by atoms with Gasteiger partial charge in [0.2, 0.25) is 0 Å². The summed E-state index contributed by atoms with van der Waals surface area (Å²) in [5, 5.41) is 0. The third-order valence-electron chi connectivity index (χ3n) is 5.79. The van der Waals surface area contributed by atoms with Gasteiger partial charge >= 0.3 is 0 Å². The third kappa shape index (κ3) is 3.17. The van der Waals surface area contributed by atoms with Crippen molar-refractivity contribution in [3.8, 4) is 0 Å². The van der Waals surface area contributed by atoms with Gasteiger partial charge in [-0.3, -0.25) is 4.90 Å². The summed E-state index contributed by atoms with van der Waals surface area (Å²) in [6.45, 7) is 5.71. The summed E-state index contributed by atoms with van der Waals surface area (Å²) in [4.78, 5) is 2.73. The maximum atomic E-state index is 6.60. The van der Waals surface area contributed by atoms with E-state index in [2.05, 4.69) is 43.0 Å². The summed E-state index contributed by atoms with van der Waals surface area (Å²) >= 11 is 0. The summed E-state index contributed by atoms with van der Waals surface area (Å²) in [6, 6.07) is 10.1. The van der Waals surface area contributed by atoms with E-state index in [4.69, 9.17) is 5.73 Å². The van der Waals surface area contributed by atoms with Crippen LogP contribution in [0.3, 0.4) is 0 Å². The number of likely N-dealkylation sites (tertiary alicyclic amines) is 1. The molecular formula is C19H30N2. The monoisotopic (exact) mass is 286 g/mol. The molecule has 1 heterocycles. The van der Waals surface area contributed by atoms with Crippen LogP contribution in [0.1, 0.15) is 62.6 Å². The molecule has 21 heavy (non-hydrogen) atoms. The van der Waals surface area contributed by atoms with Crippen molar-refractivity contribution in [3.05, 3.63) is 35.4 Å². The molecular weight excluding hydrogens is 256 g/mol. The minimum Gasteiger partial charge on any atom is -0.323 e. The van der Waals surface area contributed by atoms with Crippen LogP contribution in [0.5, 0.6) is 0 Å². The molecule has 1 aromatic carbocycles. The average Bonchev–Trinajstić information content (AvgIpc) is 2.53. The number of nitrogens with two attached hydrogens (primary N) is 1. The molecule has 1 saturated heterocycles. The lowest BCUT2D eigenvalue weighted by molar-refractivity contribution is 0.0229. The van der Waals surface area contributed by atoms with Crippen LogP contribution >= 0.6 is 0 Å². The Kier molecular flexibility index (Phi) is 4.66. The van der Waals surface area contributed by atoms with E-state index in [1.54, 1.807) is 0 Å². The summed E-state index contributed by atoms with van der Waals surface area (Å²) in [7, 11) is 0. The van der Waals surface area contributed by atoms with E-state index in [-0.39, 0.29) is 6.04 Å². The zero-order valence-corrected chi connectivity index (χ0v) is 13.6. The molecule has 1 aliphatic carbocycles. The quantitative estimate of drug-likeness (QED) is 0.908. The predicted octanol–water partition coefficient (Wildman–Crippen LogP) is 4.04. The van der Waals surface area contributed by atoms with E-state index in [0.29, 0.717) is 6.04 Å². The highest BCUT2D eigenvalue weighted by Gasteiger charge is 2.36. The van der Waals surface area contributed by atoms with E-state index in [9.17, 15) is 0 Å². The fraction of sp³-hybridized carbons (Fsp3) is 0.684. The first-order chi connectivity index (χ1) is 10.2. The molecule has 0 amide bonds. The Labute approximate surface area is 129 Å². The molecule has 0 aromatic heterocycles. The van der Waals surface area contributed by atoms with Gasteiger partial charge in [-0.25, -0.2) is 0 Å². The standard InChI is InChI=1S/C19H30N2/c1-14-9-11-17(12-10-14)19(20)15(2)21-13-5-7-16-6-3-4-8-18(16)21/h9-12,15-16,18-19H,3-8,13,20H2,1-2H3/t15?,16-,18-,19?/m1/s1. The Hall–Kier alpha value is -0.860. The van der Waals surface area contributed by atoms with Gasteiger partial charge in [0.05, 0.1) is 0 Å². The Morgan fingerprint density at radius 3 is 2.48 bits per heavy atom. The zero-order valence-electron chi connectivity index (χ0n) is 13.6. The van der Waals surface area contributed by atoms with Crippen molar-refractivity contribution >= 4 is 0 Å². The molecule has 1 saturated carbocycles. The van der Waals surface area contributed by atoms with Crippen molar-refractivity contribution in [2.24, 2.45) is 11.7 Å². The van der Waals surface area contributed by atoms with Crippen LogP contribution in [-0.2, 0) is 0 Å².